The maximum Gasteiger partial charge on any atom is 0.224 e. The zero-order chi connectivity index (χ0) is 11.5. The first kappa shape index (κ1) is 14.4. The molecule has 2 N–H and O–H groups in total. The summed E-state index contributed by atoms with van der Waals surface area (Å²) in [6.45, 7) is 4.24. The average molecular weight is 216 g/mol. The Morgan fingerprint density at radius 1 is 1.33 bits per heavy atom. The number of hydrogen-bond acceptors (Lipinski definition) is 3. The van der Waals surface area contributed by atoms with Crippen LogP contribution in [-0.2, 0) is 9.53 Å². The van der Waals surface area contributed by atoms with Crippen molar-refractivity contribution < 1.29 is 9.53 Å². The highest BCUT2D eigenvalue weighted by Gasteiger charge is 2.09. The summed E-state index contributed by atoms with van der Waals surface area (Å²) in [7, 11) is 3.57. The minimum atomic E-state index is 0.0500. The Balaban J connectivity index is 3.30. The quantitative estimate of drug-likeness (QED) is 0.560. The lowest BCUT2D eigenvalue weighted by atomic mass is 10.1. The molecule has 0 rings (SSSR count). The van der Waals surface area contributed by atoms with Crippen LogP contribution >= 0.6 is 0 Å². The van der Waals surface area contributed by atoms with Crippen LogP contribution < -0.4 is 10.6 Å². The molecule has 0 fully saturated rings. The highest BCUT2D eigenvalue weighted by molar-refractivity contribution is 5.78. The SMILES string of the molecule is CNCC(C)C(=O)NCCCCCOC. The highest BCUT2D eigenvalue weighted by atomic mass is 16.5. The van der Waals surface area contributed by atoms with Crippen molar-refractivity contribution in [3.63, 3.8) is 0 Å². The molecule has 0 saturated carbocycles. The topological polar surface area (TPSA) is 50.4 Å². The number of nitrogens with one attached hydrogen (secondary N) is 2. The van der Waals surface area contributed by atoms with Gasteiger partial charge < -0.3 is 15.4 Å². The van der Waals surface area contributed by atoms with Gasteiger partial charge in [-0.2, -0.15) is 0 Å². The van der Waals surface area contributed by atoms with Crippen molar-refractivity contribution in [3.8, 4) is 0 Å². The van der Waals surface area contributed by atoms with E-state index in [1.807, 2.05) is 14.0 Å². The van der Waals surface area contributed by atoms with Crippen molar-refractivity contribution in [3.05, 3.63) is 0 Å². The van der Waals surface area contributed by atoms with E-state index in [1.54, 1.807) is 7.11 Å². The third-order valence-electron chi connectivity index (χ3n) is 2.28. The van der Waals surface area contributed by atoms with Crippen LogP contribution in [0.4, 0.5) is 0 Å². The van der Waals surface area contributed by atoms with Crippen molar-refractivity contribution in [2.24, 2.45) is 5.92 Å². The van der Waals surface area contributed by atoms with Gasteiger partial charge >= 0.3 is 0 Å². The molecule has 0 saturated heterocycles. The molecular weight excluding hydrogens is 192 g/mol. The van der Waals surface area contributed by atoms with Crippen molar-refractivity contribution in [1.82, 2.24) is 10.6 Å². The molecule has 0 aromatic heterocycles. The molecule has 0 aliphatic rings. The van der Waals surface area contributed by atoms with Gasteiger partial charge in [-0.3, -0.25) is 4.79 Å². The molecule has 1 atom stereocenters. The Kier molecular flexibility index (Phi) is 9.52. The molecule has 1 amide bonds. The number of hydrogen-bond donors (Lipinski definition) is 2. The molecule has 0 heterocycles. The summed E-state index contributed by atoms with van der Waals surface area (Å²) in [4.78, 5) is 11.4. The Hall–Kier alpha value is -0.610. The number of unbranched alkanes of at least 4 members (excludes halogenated alkanes) is 2. The number of rotatable bonds is 9. The number of amides is 1. The molecule has 4 heteroatoms. The van der Waals surface area contributed by atoms with Gasteiger partial charge in [-0.25, -0.2) is 0 Å². The second-order valence-electron chi connectivity index (χ2n) is 3.80. The average Bonchev–Trinajstić information content (AvgIpc) is 2.23. The van der Waals surface area contributed by atoms with E-state index < -0.39 is 0 Å². The van der Waals surface area contributed by atoms with E-state index in [2.05, 4.69) is 10.6 Å². The van der Waals surface area contributed by atoms with E-state index >= 15 is 0 Å². The molecule has 0 aliphatic heterocycles. The Labute approximate surface area is 92.8 Å². The molecule has 0 aromatic carbocycles. The summed E-state index contributed by atoms with van der Waals surface area (Å²) >= 11 is 0. The van der Waals surface area contributed by atoms with Crippen LogP contribution in [0.25, 0.3) is 0 Å². The van der Waals surface area contributed by atoms with Gasteiger partial charge in [0, 0.05) is 32.7 Å². The maximum atomic E-state index is 11.4. The lowest BCUT2D eigenvalue weighted by molar-refractivity contribution is -0.124. The zero-order valence-electron chi connectivity index (χ0n) is 10.1. The minimum Gasteiger partial charge on any atom is -0.385 e. The van der Waals surface area contributed by atoms with Crippen molar-refractivity contribution in [2.75, 3.05) is 33.9 Å². The molecule has 90 valence electrons. The van der Waals surface area contributed by atoms with Crippen molar-refractivity contribution in [1.29, 1.82) is 0 Å². The molecule has 0 bridgehead atoms. The third kappa shape index (κ3) is 8.39. The van der Waals surface area contributed by atoms with E-state index in [-0.39, 0.29) is 11.8 Å². The van der Waals surface area contributed by atoms with Gasteiger partial charge in [-0.1, -0.05) is 6.92 Å². The number of carbonyl (C=O) groups excluding carboxylic acids is 1. The van der Waals surface area contributed by atoms with Gasteiger partial charge in [0.15, 0.2) is 0 Å². The summed E-state index contributed by atoms with van der Waals surface area (Å²) in [6.07, 6.45) is 3.20. The molecule has 1 unspecified atom stereocenters. The van der Waals surface area contributed by atoms with Crippen LogP contribution in [0.15, 0.2) is 0 Å². The van der Waals surface area contributed by atoms with E-state index in [9.17, 15) is 4.79 Å². The molecule has 0 aromatic rings. The van der Waals surface area contributed by atoms with E-state index in [4.69, 9.17) is 4.74 Å². The summed E-state index contributed by atoms with van der Waals surface area (Å²) in [5.41, 5.74) is 0. The lowest BCUT2D eigenvalue weighted by Gasteiger charge is -2.11. The summed E-state index contributed by atoms with van der Waals surface area (Å²) in [5.74, 6) is 0.185. The Morgan fingerprint density at radius 3 is 2.67 bits per heavy atom. The fraction of sp³-hybridized carbons (Fsp3) is 0.909. The monoisotopic (exact) mass is 216 g/mol. The molecule has 0 radical (unpaired) electrons. The van der Waals surface area contributed by atoms with Gasteiger partial charge in [-0.05, 0) is 26.3 Å². The molecule has 0 spiro atoms. The Morgan fingerprint density at radius 2 is 2.07 bits per heavy atom. The van der Waals surface area contributed by atoms with Gasteiger partial charge in [-0.15, -0.1) is 0 Å². The fourth-order valence-electron chi connectivity index (χ4n) is 1.33. The van der Waals surface area contributed by atoms with E-state index in [1.165, 1.54) is 0 Å². The van der Waals surface area contributed by atoms with Gasteiger partial charge in [0.2, 0.25) is 5.91 Å². The molecule has 0 aliphatic carbocycles. The number of ether oxygens (including phenoxy) is 1. The standard InChI is InChI=1S/C11H24N2O2/c1-10(9-12-2)11(14)13-7-5-4-6-8-15-3/h10,12H,4-9H2,1-3H3,(H,13,14). The van der Waals surface area contributed by atoms with Crippen molar-refractivity contribution >= 4 is 5.91 Å². The second-order valence-corrected chi connectivity index (χ2v) is 3.80. The van der Waals surface area contributed by atoms with Crippen LogP contribution in [0.3, 0.4) is 0 Å². The first-order valence-electron chi connectivity index (χ1n) is 5.63. The van der Waals surface area contributed by atoms with Crippen LogP contribution in [0, 0.1) is 5.92 Å². The number of methoxy groups -OCH3 is 1. The van der Waals surface area contributed by atoms with Gasteiger partial charge in [0.25, 0.3) is 0 Å². The van der Waals surface area contributed by atoms with Crippen LogP contribution in [0.5, 0.6) is 0 Å². The molecule has 4 nitrogen and oxygen atoms in total. The van der Waals surface area contributed by atoms with Crippen LogP contribution in [-0.4, -0.2) is 39.8 Å². The summed E-state index contributed by atoms with van der Waals surface area (Å²) < 4.78 is 4.94. The first-order chi connectivity index (χ1) is 7.22. The Bertz CT molecular complexity index is 163. The predicted molar refractivity (Wildman–Crippen MR) is 61.8 cm³/mol. The summed E-state index contributed by atoms with van der Waals surface area (Å²) in [6, 6.07) is 0. The molecular formula is C11H24N2O2. The minimum absolute atomic E-state index is 0.0500. The first-order valence-corrected chi connectivity index (χ1v) is 5.63. The highest BCUT2D eigenvalue weighted by Crippen LogP contribution is 1.96. The maximum absolute atomic E-state index is 11.4. The van der Waals surface area contributed by atoms with Gasteiger partial charge in [0.05, 0.1) is 0 Å². The van der Waals surface area contributed by atoms with Crippen LogP contribution in [0.1, 0.15) is 26.2 Å². The lowest BCUT2D eigenvalue weighted by Crippen LogP contribution is -2.34. The molecule has 15 heavy (non-hydrogen) atoms. The zero-order valence-corrected chi connectivity index (χ0v) is 10.1. The van der Waals surface area contributed by atoms with Gasteiger partial charge in [0.1, 0.15) is 0 Å². The smallest absolute Gasteiger partial charge is 0.224 e. The third-order valence-corrected chi connectivity index (χ3v) is 2.28. The van der Waals surface area contributed by atoms with E-state index in [0.717, 1.165) is 39.0 Å². The number of carbonyl (C=O) groups is 1. The van der Waals surface area contributed by atoms with Crippen molar-refractivity contribution in [2.45, 2.75) is 26.2 Å². The summed E-state index contributed by atoms with van der Waals surface area (Å²) in [5, 5.41) is 5.91. The fourth-order valence-corrected chi connectivity index (χ4v) is 1.33. The largest absolute Gasteiger partial charge is 0.385 e. The predicted octanol–water partition coefficient (Wildman–Crippen LogP) is 0.775. The van der Waals surface area contributed by atoms with E-state index in [0.29, 0.717) is 0 Å². The normalized spacial score (nSPS) is 12.5. The van der Waals surface area contributed by atoms with Crippen LogP contribution in [0.2, 0.25) is 0 Å². The second kappa shape index (κ2) is 9.93.